The molecule has 0 spiro atoms. The molecule has 1 atom stereocenters. The lowest BCUT2D eigenvalue weighted by Crippen LogP contribution is -2.20. The Morgan fingerprint density at radius 1 is 1.20 bits per heavy atom. The van der Waals surface area contributed by atoms with Crippen LogP contribution in [-0.4, -0.2) is 11.1 Å². The maximum absolute atomic E-state index is 11.5. The minimum Gasteiger partial charge on any atom is -0.479 e. The maximum Gasteiger partial charge on any atom is 0.330 e. The topological polar surface area (TPSA) is 49.3 Å². The third kappa shape index (κ3) is 3.75. The summed E-state index contributed by atoms with van der Waals surface area (Å²) < 4.78 is 1.53. The van der Waals surface area contributed by atoms with E-state index in [1.54, 1.807) is 18.2 Å². The molecule has 0 aliphatic rings. The average Bonchev–Trinajstić information content (AvgIpc) is 2.36. The highest BCUT2D eigenvalue weighted by Crippen LogP contribution is 2.30. The molecule has 0 aliphatic heterocycles. The Hall–Kier alpha value is -1.04. The van der Waals surface area contributed by atoms with Gasteiger partial charge >= 0.3 is 5.97 Å². The zero-order valence-electron chi connectivity index (χ0n) is 10.1. The van der Waals surface area contributed by atoms with Gasteiger partial charge in [-0.25, -0.2) is 4.79 Å². The molecule has 0 radical (unpaired) electrons. The molecule has 104 valence electrons. The average molecular weight is 420 g/mol. The summed E-state index contributed by atoms with van der Waals surface area (Å²) in [5.74, 6) is -0.965. The predicted octanol–water partition coefficient (Wildman–Crippen LogP) is 5.10. The fourth-order valence-electron chi connectivity index (χ4n) is 1.75. The molecular weight excluding hydrogens is 409 g/mol. The van der Waals surface area contributed by atoms with Crippen LogP contribution in [-0.2, 0) is 4.79 Å². The molecule has 0 saturated carbocycles. The van der Waals surface area contributed by atoms with Gasteiger partial charge in [-0.3, -0.25) is 0 Å². The normalized spacial score (nSPS) is 11.9. The summed E-state index contributed by atoms with van der Waals surface area (Å²) in [6.45, 7) is 0. The van der Waals surface area contributed by atoms with Gasteiger partial charge in [0.05, 0.1) is 0 Å². The van der Waals surface area contributed by atoms with Crippen LogP contribution in [0, 0.1) is 0 Å². The molecular formula is C14H10Br2ClNO2. The van der Waals surface area contributed by atoms with Crippen LogP contribution in [0.5, 0.6) is 0 Å². The molecule has 2 rings (SSSR count). The first kappa shape index (κ1) is 15.4. The van der Waals surface area contributed by atoms with Crippen molar-refractivity contribution < 1.29 is 9.90 Å². The van der Waals surface area contributed by atoms with Crippen LogP contribution in [0.25, 0.3) is 0 Å². The minimum atomic E-state index is -0.965. The van der Waals surface area contributed by atoms with Gasteiger partial charge in [-0.2, -0.15) is 0 Å². The number of carbonyl (C=O) groups is 1. The molecule has 1 unspecified atom stereocenters. The van der Waals surface area contributed by atoms with Crippen molar-refractivity contribution in [2.45, 2.75) is 6.04 Å². The zero-order chi connectivity index (χ0) is 14.7. The van der Waals surface area contributed by atoms with Crippen molar-refractivity contribution in [3.63, 3.8) is 0 Å². The van der Waals surface area contributed by atoms with Crippen LogP contribution in [0.15, 0.2) is 51.4 Å². The number of rotatable bonds is 4. The van der Waals surface area contributed by atoms with Crippen molar-refractivity contribution in [2.75, 3.05) is 5.32 Å². The summed E-state index contributed by atoms with van der Waals surface area (Å²) in [6.07, 6.45) is 0. The second-order valence-corrected chi connectivity index (χ2v) is 6.30. The van der Waals surface area contributed by atoms with E-state index in [0.29, 0.717) is 20.7 Å². The summed E-state index contributed by atoms with van der Waals surface area (Å²) in [5, 5.41) is 13.0. The van der Waals surface area contributed by atoms with Gasteiger partial charge in [0, 0.05) is 19.7 Å². The Morgan fingerprint density at radius 2 is 1.95 bits per heavy atom. The number of hydrogen-bond donors (Lipinski definition) is 2. The van der Waals surface area contributed by atoms with Crippen molar-refractivity contribution in [2.24, 2.45) is 0 Å². The first-order chi connectivity index (χ1) is 9.47. The number of anilines is 1. The molecule has 0 bridgehead atoms. The molecule has 2 aromatic carbocycles. The molecule has 20 heavy (non-hydrogen) atoms. The minimum absolute atomic E-state index is 0.548. The predicted molar refractivity (Wildman–Crippen MR) is 87.3 cm³/mol. The Bertz CT molecular complexity index is 649. The Balaban J connectivity index is 2.34. The fraction of sp³-hybridized carbons (Fsp3) is 0.0714. The van der Waals surface area contributed by atoms with Gasteiger partial charge in [0.15, 0.2) is 6.04 Å². The fourth-order valence-corrected chi connectivity index (χ4v) is 3.06. The number of carboxylic acid groups (broad SMARTS) is 1. The monoisotopic (exact) mass is 417 g/mol. The van der Waals surface area contributed by atoms with Crippen molar-refractivity contribution in [1.82, 2.24) is 0 Å². The van der Waals surface area contributed by atoms with Crippen molar-refractivity contribution >= 4 is 55.1 Å². The molecule has 0 heterocycles. The standard InChI is InChI=1S/C14H10Br2ClNO2/c15-8-2-1-3-10(6-8)18-13(14(19)20)11-5-4-9(17)7-12(11)16/h1-7,13,18H,(H,19,20). The van der Waals surface area contributed by atoms with Gasteiger partial charge in [-0.05, 0) is 35.9 Å². The van der Waals surface area contributed by atoms with Crippen LogP contribution in [0.3, 0.4) is 0 Å². The van der Waals surface area contributed by atoms with Crippen molar-refractivity contribution in [3.8, 4) is 0 Å². The largest absolute Gasteiger partial charge is 0.479 e. The first-order valence-corrected chi connectivity index (χ1v) is 7.63. The number of benzene rings is 2. The second-order valence-electron chi connectivity index (χ2n) is 4.09. The summed E-state index contributed by atoms with van der Waals surface area (Å²) in [7, 11) is 0. The van der Waals surface area contributed by atoms with Crippen LogP contribution in [0.4, 0.5) is 5.69 Å². The number of aliphatic carboxylic acids is 1. The molecule has 2 aromatic rings. The molecule has 0 amide bonds. The molecule has 2 N–H and O–H groups in total. The van der Waals surface area contributed by atoms with Crippen LogP contribution in [0.2, 0.25) is 5.02 Å². The zero-order valence-corrected chi connectivity index (χ0v) is 14.0. The van der Waals surface area contributed by atoms with E-state index in [0.717, 1.165) is 4.47 Å². The highest BCUT2D eigenvalue weighted by molar-refractivity contribution is 9.10. The molecule has 0 fully saturated rings. The summed E-state index contributed by atoms with van der Waals surface area (Å²) in [4.78, 5) is 11.5. The van der Waals surface area contributed by atoms with Crippen molar-refractivity contribution in [1.29, 1.82) is 0 Å². The third-order valence-corrected chi connectivity index (χ3v) is 4.07. The van der Waals surface area contributed by atoms with Gasteiger partial charge < -0.3 is 10.4 Å². The molecule has 3 nitrogen and oxygen atoms in total. The van der Waals surface area contributed by atoms with Crippen LogP contribution in [0.1, 0.15) is 11.6 Å². The molecule has 0 saturated heterocycles. The summed E-state index contributed by atoms with van der Waals surface area (Å²) >= 11 is 12.6. The quantitative estimate of drug-likeness (QED) is 0.725. The Kier molecular flexibility index (Phi) is 5.07. The third-order valence-electron chi connectivity index (χ3n) is 2.66. The highest BCUT2D eigenvalue weighted by atomic mass is 79.9. The molecule has 0 aromatic heterocycles. The lowest BCUT2D eigenvalue weighted by molar-refractivity contribution is -0.138. The van der Waals surface area contributed by atoms with E-state index in [-0.39, 0.29) is 0 Å². The van der Waals surface area contributed by atoms with E-state index in [1.807, 2.05) is 24.3 Å². The van der Waals surface area contributed by atoms with Crippen LogP contribution < -0.4 is 5.32 Å². The lowest BCUT2D eigenvalue weighted by Gasteiger charge is -2.18. The highest BCUT2D eigenvalue weighted by Gasteiger charge is 2.22. The first-order valence-electron chi connectivity index (χ1n) is 5.67. The van der Waals surface area contributed by atoms with Gasteiger partial charge in [-0.15, -0.1) is 0 Å². The lowest BCUT2D eigenvalue weighted by atomic mass is 10.1. The van der Waals surface area contributed by atoms with Gasteiger partial charge in [0.1, 0.15) is 0 Å². The van der Waals surface area contributed by atoms with E-state index < -0.39 is 12.0 Å². The van der Waals surface area contributed by atoms with E-state index >= 15 is 0 Å². The number of nitrogens with one attached hydrogen (secondary N) is 1. The Labute approximate surface area is 138 Å². The summed E-state index contributed by atoms with van der Waals surface area (Å²) in [5.41, 5.74) is 1.33. The molecule has 0 aliphatic carbocycles. The number of halogens is 3. The van der Waals surface area contributed by atoms with Gasteiger partial charge in [0.25, 0.3) is 0 Å². The summed E-state index contributed by atoms with van der Waals surface area (Å²) in [6, 6.07) is 11.5. The van der Waals surface area contributed by atoms with Crippen molar-refractivity contribution in [3.05, 3.63) is 62.0 Å². The van der Waals surface area contributed by atoms with Gasteiger partial charge in [-0.1, -0.05) is 55.6 Å². The number of carboxylic acids is 1. The van der Waals surface area contributed by atoms with Crippen LogP contribution >= 0.6 is 43.5 Å². The van der Waals surface area contributed by atoms with E-state index in [1.165, 1.54) is 0 Å². The van der Waals surface area contributed by atoms with Gasteiger partial charge in [0.2, 0.25) is 0 Å². The SMILES string of the molecule is O=C(O)C(Nc1cccc(Br)c1)c1ccc(Cl)cc1Br. The molecule has 6 heteroatoms. The second kappa shape index (κ2) is 6.61. The van der Waals surface area contributed by atoms with E-state index in [9.17, 15) is 9.90 Å². The van der Waals surface area contributed by atoms with E-state index in [2.05, 4.69) is 37.2 Å². The smallest absolute Gasteiger partial charge is 0.330 e. The Morgan fingerprint density at radius 3 is 2.55 bits per heavy atom. The number of hydrogen-bond acceptors (Lipinski definition) is 2. The maximum atomic E-state index is 11.5. The van der Waals surface area contributed by atoms with E-state index in [4.69, 9.17) is 11.6 Å².